The van der Waals surface area contributed by atoms with Gasteiger partial charge in [0, 0.05) is 24.1 Å². The van der Waals surface area contributed by atoms with Gasteiger partial charge >= 0.3 is 0 Å². The molecular formula is C23H21NO2. The monoisotopic (exact) mass is 343 g/mol. The van der Waals surface area contributed by atoms with E-state index in [1.165, 1.54) is 0 Å². The molecule has 3 aromatic carbocycles. The molecule has 3 aromatic rings. The van der Waals surface area contributed by atoms with Crippen LogP contribution in [0.3, 0.4) is 0 Å². The fourth-order valence-electron chi connectivity index (χ4n) is 2.80. The highest BCUT2D eigenvalue weighted by molar-refractivity contribution is 6.00. The first-order chi connectivity index (χ1) is 12.6. The van der Waals surface area contributed by atoms with Crippen molar-refractivity contribution in [1.29, 1.82) is 0 Å². The lowest BCUT2D eigenvalue weighted by molar-refractivity contribution is -0.116. The van der Waals surface area contributed by atoms with Crippen molar-refractivity contribution in [3.8, 4) is 11.1 Å². The molecule has 0 saturated carbocycles. The minimum atomic E-state index is -0.148. The van der Waals surface area contributed by atoms with Crippen molar-refractivity contribution in [3.63, 3.8) is 0 Å². The number of aryl methyl sites for hydroxylation is 1. The van der Waals surface area contributed by atoms with Gasteiger partial charge in [0.2, 0.25) is 5.91 Å². The Hall–Kier alpha value is -3.20. The number of carbonyl (C=O) groups is 2. The second-order valence-electron chi connectivity index (χ2n) is 6.28. The molecule has 3 nitrogen and oxygen atoms in total. The second-order valence-corrected chi connectivity index (χ2v) is 6.28. The summed E-state index contributed by atoms with van der Waals surface area (Å²) in [5.74, 6) is -0.172. The Bertz CT molecular complexity index is 899. The van der Waals surface area contributed by atoms with Gasteiger partial charge in [-0.1, -0.05) is 66.7 Å². The summed E-state index contributed by atoms with van der Waals surface area (Å²) in [5.41, 5.74) is 4.66. The summed E-state index contributed by atoms with van der Waals surface area (Å²) < 4.78 is 0. The highest BCUT2D eigenvalue weighted by Crippen LogP contribution is 2.20. The first-order valence-electron chi connectivity index (χ1n) is 8.67. The van der Waals surface area contributed by atoms with E-state index in [1.54, 1.807) is 0 Å². The molecule has 0 heterocycles. The number of carbonyl (C=O) groups excluding carboxylic acids is 2. The molecule has 0 aliphatic heterocycles. The zero-order valence-electron chi connectivity index (χ0n) is 14.7. The molecule has 3 rings (SSSR count). The van der Waals surface area contributed by atoms with Crippen molar-refractivity contribution in [2.75, 3.05) is 5.32 Å². The smallest absolute Gasteiger partial charge is 0.224 e. The van der Waals surface area contributed by atoms with Crippen LogP contribution in [0.15, 0.2) is 78.9 Å². The van der Waals surface area contributed by atoms with Crippen LogP contribution in [0.1, 0.15) is 28.8 Å². The van der Waals surface area contributed by atoms with Crippen LogP contribution in [0.4, 0.5) is 5.69 Å². The van der Waals surface area contributed by atoms with Gasteiger partial charge in [0.1, 0.15) is 0 Å². The van der Waals surface area contributed by atoms with E-state index in [4.69, 9.17) is 0 Å². The Morgan fingerprint density at radius 2 is 1.46 bits per heavy atom. The molecule has 0 fully saturated rings. The molecule has 26 heavy (non-hydrogen) atoms. The zero-order valence-corrected chi connectivity index (χ0v) is 14.7. The number of amides is 1. The van der Waals surface area contributed by atoms with Crippen LogP contribution in [0.5, 0.6) is 0 Å². The molecule has 0 spiro atoms. The number of benzene rings is 3. The zero-order chi connectivity index (χ0) is 18.4. The van der Waals surface area contributed by atoms with E-state index in [0.717, 1.165) is 22.4 Å². The second kappa shape index (κ2) is 8.26. The van der Waals surface area contributed by atoms with E-state index in [9.17, 15) is 9.59 Å². The van der Waals surface area contributed by atoms with Crippen LogP contribution >= 0.6 is 0 Å². The molecule has 0 aliphatic carbocycles. The van der Waals surface area contributed by atoms with Gasteiger partial charge in [0.25, 0.3) is 0 Å². The Balaban J connectivity index is 1.55. The van der Waals surface area contributed by atoms with E-state index >= 15 is 0 Å². The summed E-state index contributed by atoms with van der Waals surface area (Å²) in [4.78, 5) is 24.4. The molecule has 0 aliphatic rings. The summed E-state index contributed by atoms with van der Waals surface area (Å²) in [6.07, 6.45) is 0.371. The Labute approximate surface area is 153 Å². The third-order valence-corrected chi connectivity index (χ3v) is 4.19. The van der Waals surface area contributed by atoms with Gasteiger partial charge in [-0.15, -0.1) is 0 Å². The molecule has 0 atom stereocenters. The van der Waals surface area contributed by atoms with Crippen molar-refractivity contribution in [2.24, 2.45) is 0 Å². The molecule has 1 amide bonds. The van der Waals surface area contributed by atoms with Crippen LogP contribution in [0.2, 0.25) is 0 Å². The number of Topliss-reactive ketones (excluding diaryl/α,β-unsaturated/α-hetero) is 1. The predicted octanol–water partition coefficient (Wildman–Crippen LogP) is 5.26. The number of hydrogen-bond acceptors (Lipinski definition) is 2. The van der Waals surface area contributed by atoms with Crippen LogP contribution < -0.4 is 5.32 Å². The molecule has 3 heteroatoms. The molecular weight excluding hydrogens is 322 g/mol. The average molecular weight is 343 g/mol. The van der Waals surface area contributed by atoms with Gasteiger partial charge < -0.3 is 5.32 Å². The van der Waals surface area contributed by atoms with Gasteiger partial charge in [0.05, 0.1) is 0 Å². The number of nitrogens with one attached hydrogen (secondary N) is 1. The molecule has 0 aromatic heterocycles. The molecule has 0 saturated heterocycles. The van der Waals surface area contributed by atoms with Crippen molar-refractivity contribution >= 4 is 17.4 Å². The Kier molecular flexibility index (Phi) is 5.59. The largest absolute Gasteiger partial charge is 0.326 e. The normalized spacial score (nSPS) is 10.3. The van der Waals surface area contributed by atoms with E-state index in [2.05, 4.69) is 5.32 Å². The number of anilines is 1. The minimum absolute atomic E-state index is 0.0241. The maximum Gasteiger partial charge on any atom is 0.224 e. The maximum absolute atomic E-state index is 12.3. The Morgan fingerprint density at radius 3 is 2.15 bits per heavy atom. The third-order valence-electron chi connectivity index (χ3n) is 4.19. The number of ketones is 1. The van der Waals surface area contributed by atoms with Gasteiger partial charge in [-0.05, 0) is 35.7 Å². The highest BCUT2D eigenvalue weighted by atomic mass is 16.2. The average Bonchev–Trinajstić information content (AvgIpc) is 2.67. The summed E-state index contributed by atoms with van der Waals surface area (Å²) >= 11 is 0. The SMILES string of the molecule is Cc1cccc(NC(=O)CCC(=O)c2ccc(-c3ccccc3)cc2)c1. The van der Waals surface area contributed by atoms with Crippen molar-refractivity contribution < 1.29 is 9.59 Å². The topological polar surface area (TPSA) is 46.2 Å². The molecule has 1 N–H and O–H groups in total. The van der Waals surface area contributed by atoms with Crippen molar-refractivity contribution in [2.45, 2.75) is 19.8 Å². The highest BCUT2D eigenvalue weighted by Gasteiger charge is 2.10. The predicted molar refractivity (Wildman–Crippen MR) is 105 cm³/mol. The third kappa shape index (κ3) is 4.67. The summed E-state index contributed by atoms with van der Waals surface area (Å²) in [7, 11) is 0. The van der Waals surface area contributed by atoms with Crippen LogP contribution in [0, 0.1) is 6.92 Å². The lowest BCUT2D eigenvalue weighted by Crippen LogP contribution is -2.13. The fraction of sp³-hybridized carbons (Fsp3) is 0.130. The first-order valence-corrected chi connectivity index (χ1v) is 8.67. The number of hydrogen-bond donors (Lipinski definition) is 1. The van der Waals surface area contributed by atoms with E-state index in [-0.39, 0.29) is 24.5 Å². The summed E-state index contributed by atoms with van der Waals surface area (Å²) in [6.45, 7) is 1.97. The lowest BCUT2D eigenvalue weighted by atomic mass is 10.0. The van der Waals surface area contributed by atoms with Crippen LogP contribution in [-0.2, 0) is 4.79 Å². The van der Waals surface area contributed by atoms with E-state index in [0.29, 0.717) is 5.56 Å². The maximum atomic E-state index is 12.3. The lowest BCUT2D eigenvalue weighted by Gasteiger charge is -2.06. The van der Waals surface area contributed by atoms with E-state index in [1.807, 2.05) is 85.8 Å². The standard InChI is InChI=1S/C23H21NO2/c1-17-6-5-9-21(16-17)24-23(26)15-14-22(25)20-12-10-19(11-13-20)18-7-3-2-4-8-18/h2-13,16H,14-15H2,1H3,(H,24,26). The summed E-state index contributed by atoms with van der Waals surface area (Å²) in [6, 6.07) is 25.2. The molecule has 0 bridgehead atoms. The molecule has 0 radical (unpaired) electrons. The van der Waals surface area contributed by atoms with Gasteiger partial charge in [0.15, 0.2) is 5.78 Å². The van der Waals surface area contributed by atoms with E-state index < -0.39 is 0 Å². The van der Waals surface area contributed by atoms with Gasteiger partial charge in [-0.25, -0.2) is 0 Å². The number of rotatable bonds is 6. The minimum Gasteiger partial charge on any atom is -0.326 e. The van der Waals surface area contributed by atoms with Gasteiger partial charge in [-0.3, -0.25) is 9.59 Å². The van der Waals surface area contributed by atoms with Crippen molar-refractivity contribution in [3.05, 3.63) is 90.0 Å². The quantitative estimate of drug-likeness (QED) is 0.620. The van der Waals surface area contributed by atoms with Gasteiger partial charge in [-0.2, -0.15) is 0 Å². The fourth-order valence-corrected chi connectivity index (χ4v) is 2.80. The van der Waals surface area contributed by atoms with Crippen LogP contribution in [0.25, 0.3) is 11.1 Å². The molecule has 0 unspecified atom stereocenters. The first kappa shape index (κ1) is 17.6. The summed E-state index contributed by atoms with van der Waals surface area (Å²) in [5, 5.41) is 2.83. The van der Waals surface area contributed by atoms with Crippen LogP contribution in [-0.4, -0.2) is 11.7 Å². The Morgan fingerprint density at radius 1 is 0.769 bits per heavy atom. The van der Waals surface area contributed by atoms with Crippen molar-refractivity contribution in [1.82, 2.24) is 0 Å². The molecule has 130 valence electrons.